The lowest BCUT2D eigenvalue weighted by Crippen LogP contribution is -2.33. The van der Waals surface area contributed by atoms with Crippen molar-refractivity contribution in [3.63, 3.8) is 0 Å². The summed E-state index contributed by atoms with van der Waals surface area (Å²) in [5.41, 5.74) is 3.47. The minimum atomic E-state index is -0.0457. The highest BCUT2D eigenvalue weighted by molar-refractivity contribution is 5.85. The lowest BCUT2D eigenvalue weighted by molar-refractivity contribution is 0.483. The van der Waals surface area contributed by atoms with Gasteiger partial charge in [0.05, 0.1) is 10.9 Å². The van der Waals surface area contributed by atoms with E-state index in [0.29, 0.717) is 11.4 Å². The predicted octanol–water partition coefficient (Wildman–Crippen LogP) is 4.11. The molecule has 27 heavy (non-hydrogen) atoms. The molecule has 0 bridgehead atoms. The van der Waals surface area contributed by atoms with Crippen LogP contribution in [0.5, 0.6) is 0 Å². The fourth-order valence-electron chi connectivity index (χ4n) is 3.63. The molecular weight excluding hydrogens is 358 g/mol. The Balaban J connectivity index is 0.00000210. The quantitative estimate of drug-likeness (QED) is 0.699. The van der Waals surface area contributed by atoms with Crippen LogP contribution in [0, 0.1) is 0 Å². The average molecular weight is 382 g/mol. The van der Waals surface area contributed by atoms with Gasteiger partial charge >= 0.3 is 0 Å². The molecule has 140 valence electrons. The Labute approximate surface area is 165 Å². The van der Waals surface area contributed by atoms with Crippen molar-refractivity contribution in [3.8, 4) is 0 Å². The van der Waals surface area contributed by atoms with Gasteiger partial charge in [-0.05, 0) is 42.5 Å². The molecule has 0 amide bonds. The molecule has 0 saturated carbocycles. The Kier molecular flexibility index (Phi) is 6.43. The van der Waals surface area contributed by atoms with E-state index in [1.54, 1.807) is 0 Å². The van der Waals surface area contributed by atoms with Gasteiger partial charge in [0.15, 0.2) is 0 Å². The molecule has 3 aromatic rings. The van der Waals surface area contributed by atoms with E-state index in [1.165, 1.54) is 11.1 Å². The predicted molar refractivity (Wildman–Crippen MR) is 113 cm³/mol. The van der Waals surface area contributed by atoms with Crippen molar-refractivity contribution in [2.45, 2.75) is 31.7 Å². The average Bonchev–Trinajstić information content (AvgIpc) is 2.69. The zero-order chi connectivity index (χ0) is 17.8. The van der Waals surface area contributed by atoms with E-state index in [0.717, 1.165) is 43.6 Å². The third-order valence-corrected chi connectivity index (χ3v) is 4.99. The molecule has 0 radical (unpaired) electrons. The van der Waals surface area contributed by atoms with E-state index >= 15 is 0 Å². The number of fused-ring (bicyclic) bond motifs is 1. The van der Waals surface area contributed by atoms with Crippen LogP contribution in [-0.2, 0) is 6.42 Å². The zero-order valence-electron chi connectivity index (χ0n) is 15.2. The SMILES string of the molecule is Cl.O=c1[nH]c(CCCC2CC(c3ccccc3)=CCN2)nc2ccccc12. The molecule has 1 aliphatic heterocycles. The highest BCUT2D eigenvalue weighted by Crippen LogP contribution is 2.24. The standard InChI is InChI=1S/C22H23N3O.ClH/c26-22-19-10-4-5-11-20(19)24-21(25-22)12-6-9-18-15-17(13-14-23-18)16-7-2-1-3-8-16;/h1-5,7-8,10-11,13,18,23H,6,9,12,14-15H2,(H,24,25,26);1H. The fraction of sp³-hybridized carbons (Fsp3) is 0.273. The number of halogens is 1. The van der Waals surface area contributed by atoms with Gasteiger partial charge in [-0.25, -0.2) is 4.98 Å². The summed E-state index contributed by atoms with van der Waals surface area (Å²) < 4.78 is 0. The third kappa shape index (κ3) is 4.65. The first kappa shape index (κ1) is 19.3. The largest absolute Gasteiger partial charge is 0.310 e. The summed E-state index contributed by atoms with van der Waals surface area (Å²) in [6, 6.07) is 18.6. The van der Waals surface area contributed by atoms with Crippen LogP contribution in [0.1, 0.15) is 30.7 Å². The highest BCUT2D eigenvalue weighted by atomic mass is 35.5. The van der Waals surface area contributed by atoms with Crippen LogP contribution in [0.3, 0.4) is 0 Å². The number of hydrogen-bond acceptors (Lipinski definition) is 3. The summed E-state index contributed by atoms with van der Waals surface area (Å²) in [5.74, 6) is 0.781. The van der Waals surface area contributed by atoms with Gasteiger partial charge < -0.3 is 10.3 Å². The number of aromatic amines is 1. The van der Waals surface area contributed by atoms with E-state index in [4.69, 9.17) is 0 Å². The van der Waals surface area contributed by atoms with E-state index in [-0.39, 0.29) is 18.0 Å². The molecule has 1 aliphatic rings. The van der Waals surface area contributed by atoms with Crippen LogP contribution in [0.2, 0.25) is 0 Å². The Morgan fingerprint density at radius 3 is 2.67 bits per heavy atom. The summed E-state index contributed by atoms with van der Waals surface area (Å²) in [4.78, 5) is 19.7. The minimum absolute atomic E-state index is 0. The summed E-state index contributed by atoms with van der Waals surface area (Å²) in [5, 5.41) is 4.23. The van der Waals surface area contributed by atoms with Crippen LogP contribution in [0.25, 0.3) is 16.5 Å². The second-order valence-corrected chi connectivity index (χ2v) is 6.83. The number of rotatable bonds is 5. The number of hydrogen-bond donors (Lipinski definition) is 2. The van der Waals surface area contributed by atoms with Gasteiger partial charge in [0.25, 0.3) is 5.56 Å². The van der Waals surface area contributed by atoms with Gasteiger partial charge in [-0.2, -0.15) is 0 Å². The first-order chi connectivity index (χ1) is 12.8. The maximum Gasteiger partial charge on any atom is 0.258 e. The fourth-order valence-corrected chi connectivity index (χ4v) is 3.63. The van der Waals surface area contributed by atoms with Crippen molar-refractivity contribution in [2.75, 3.05) is 6.54 Å². The smallest absolute Gasteiger partial charge is 0.258 e. The Hall–Kier alpha value is -2.43. The van der Waals surface area contributed by atoms with E-state index in [2.05, 4.69) is 51.7 Å². The summed E-state index contributed by atoms with van der Waals surface area (Å²) >= 11 is 0. The molecule has 4 rings (SSSR count). The number of aryl methyl sites for hydroxylation is 1. The van der Waals surface area contributed by atoms with E-state index < -0.39 is 0 Å². The van der Waals surface area contributed by atoms with Crippen LogP contribution >= 0.6 is 12.4 Å². The van der Waals surface area contributed by atoms with Gasteiger partial charge in [-0.1, -0.05) is 48.5 Å². The second-order valence-electron chi connectivity index (χ2n) is 6.83. The van der Waals surface area contributed by atoms with E-state index in [9.17, 15) is 4.79 Å². The van der Waals surface area contributed by atoms with Crippen molar-refractivity contribution < 1.29 is 0 Å². The molecular formula is C22H24ClN3O. The monoisotopic (exact) mass is 381 g/mol. The number of nitrogens with one attached hydrogen (secondary N) is 2. The summed E-state index contributed by atoms with van der Waals surface area (Å²) in [6.45, 7) is 0.917. The van der Waals surface area contributed by atoms with Crippen LogP contribution in [-0.4, -0.2) is 22.6 Å². The molecule has 1 aromatic heterocycles. The number of nitrogens with zero attached hydrogens (tertiary/aromatic N) is 1. The van der Waals surface area contributed by atoms with Crippen molar-refractivity contribution in [1.29, 1.82) is 0 Å². The van der Waals surface area contributed by atoms with Crippen molar-refractivity contribution in [2.24, 2.45) is 0 Å². The molecule has 0 aliphatic carbocycles. The second kappa shape index (κ2) is 8.98. The molecule has 1 atom stereocenters. The molecule has 0 fully saturated rings. The Morgan fingerprint density at radius 1 is 1.04 bits per heavy atom. The van der Waals surface area contributed by atoms with Gasteiger partial charge in [0.1, 0.15) is 5.82 Å². The summed E-state index contributed by atoms with van der Waals surface area (Å²) in [6.07, 6.45) is 6.20. The van der Waals surface area contributed by atoms with Crippen LogP contribution in [0.15, 0.2) is 65.5 Å². The minimum Gasteiger partial charge on any atom is -0.310 e. The Morgan fingerprint density at radius 2 is 1.81 bits per heavy atom. The van der Waals surface area contributed by atoms with E-state index in [1.807, 2.05) is 24.3 Å². The molecule has 0 saturated heterocycles. The van der Waals surface area contributed by atoms with Gasteiger partial charge in [-0.15, -0.1) is 12.4 Å². The van der Waals surface area contributed by atoms with Crippen molar-refractivity contribution in [1.82, 2.24) is 15.3 Å². The highest BCUT2D eigenvalue weighted by Gasteiger charge is 2.16. The first-order valence-electron chi connectivity index (χ1n) is 9.25. The Bertz CT molecular complexity index is 982. The van der Waals surface area contributed by atoms with Gasteiger partial charge in [0.2, 0.25) is 0 Å². The number of aromatic nitrogens is 2. The lowest BCUT2D eigenvalue weighted by Gasteiger charge is -2.24. The molecule has 2 heterocycles. The van der Waals surface area contributed by atoms with Gasteiger partial charge in [-0.3, -0.25) is 4.79 Å². The topological polar surface area (TPSA) is 57.8 Å². The van der Waals surface area contributed by atoms with Crippen molar-refractivity contribution in [3.05, 3.63) is 82.4 Å². The molecule has 2 aromatic carbocycles. The number of benzene rings is 2. The van der Waals surface area contributed by atoms with Crippen molar-refractivity contribution >= 4 is 28.9 Å². The number of H-pyrrole nitrogens is 1. The maximum absolute atomic E-state index is 12.1. The molecule has 4 nitrogen and oxygen atoms in total. The third-order valence-electron chi connectivity index (χ3n) is 4.99. The lowest BCUT2D eigenvalue weighted by atomic mass is 9.93. The number of para-hydroxylation sites is 1. The normalized spacial score (nSPS) is 16.6. The molecule has 2 N–H and O–H groups in total. The molecule has 5 heteroatoms. The van der Waals surface area contributed by atoms with Gasteiger partial charge in [0, 0.05) is 19.0 Å². The molecule has 1 unspecified atom stereocenters. The molecule has 0 spiro atoms. The maximum atomic E-state index is 12.1. The van der Waals surface area contributed by atoms with Crippen LogP contribution < -0.4 is 10.9 Å². The summed E-state index contributed by atoms with van der Waals surface area (Å²) in [7, 11) is 0. The zero-order valence-corrected chi connectivity index (χ0v) is 16.0. The van der Waals surface area contributed by atoms with Crippen LogP contribution in [0.4, 0.5) is 0 Å². The first-order valence-corrected chi connectivity index (χ1v) is 9.25.